The van der Waals surface area contributed by atoms with E-state index in [1.807, 2.05) is 0 Å². The fourth-order valence-electron chi connectivity index (χ4n) is 2.96. The van der Waals surface area contributed by atoms with Crippen LogP contribution in [0.15, 0.2) is 34.9 Å². The molecule has 0 radical (unpaired) electrons. The molecule has 122 valence electrons. The van der Waals surface area contributed by atoms with E-state index in [4.69, 9.17) is 9.26 Å². The zero-order valence-electron chi connectivity index (χ0n) is 13.5. The Labute approximate surface area is 136 Å². The van der Waals surface area contributed by atoms with Gasteiger partial charge in [0, 0.05) is 25.1 Å². The molecule has 2 heterocycles. The molecule has 1 saturated heterocycles. The second-order valence-corrected chi connectivity index (χ2v) is 6.14. The Morgan fingerprint density at radius 3 is 2.78 bits per heavy atom. The number of rotatable bonds is 4. The van der Waals surface area contributed by atoms with Gasteiger partial charge in [0.15, 0.2) is 5.69 Å². The number of nitrogens with one attached hydrogen (secondary N) is 1. The van der Waals surface area contributed by atoms with E-state index in [0.717, 1.165) is 19.4 Å². The van der Waals surface area contributed by atoms with Gasteiger partial charge in [0.25, 0.3) is 5.91 Å². The summed E-state index contributed by atoms with van der Waals surface area (Å²) in [6.07, 6.45) is 2.09. The summed E-state index contributed by atoms with van der Waals surface area (Å²) in [4.78, 5) is 12.1. The molecule has 0 spiro atoms. The molecule has 23 heavy (non-hydrogen) atoms. The van der Waals surface area contributed by atoms with Gasteiger partial charge in [0.05, 0.1) is 6.10 Å². The summed E-state index contributed by atoms with van der Waals surface area (Å²) in [6, 6.07) is 10.1. The zero-order chi connectivity index (χ0) is 16.2. The molecule has 2 unspecified atom stereocenters. The number of carbonyl (C=O) groups is 1. The van der Waals surface area contributed by atoms with Gasteiger partial charge in [-0.15, -0.1) is 0 Å². The Balaban J connectivity index is 1.64. The molecule has 1 fully saturated rings. The Kier molecular flexibility index (Phi) is 4.76. The average molecular weight is 314 g/mol. The quantitative estimate of drug-likeness (QED) is 0.941. The lowest BCUT2D eigenvalue weighted by atomic mass is 9.89. The normalized spacial score (nSPS) is 21.1. The predicted octanol–water partition coefficient (Wildman–Crippen LogP) is 3.19. The number of nitrogens with zero attached hydrogens (tertiary/aromatic N) is 1. The number of ether oxygens (including phenoxy) is 1. The number of benzene rings is 1. The second kappa shape index (κ2) is 6.96. The molecule has 3 rings (SSSR count). The minimum absolute atomic E-state index is 0.0312. The van der Waals surface area contributed by atoms with Crippen LogP contribution in [0.5, 0.6) is 0 Å². The molecule has 1 amide bonds. The van der Waals surface area contributed by atoms with Crippen molar-refractivity contribution < 1.29 is 14.1 Å². The molecule has 1 aromatic carbocycles. The van der Waals surface area contributed by atoms with Crippen LogP contribution < -0.4 is 5.32 Å². The van der Waals surface area contributed by atoms with Crippen LogP contribution >= 0.6 is 0 Å². The van der Waals surface area contributed by atoms with Gasteiger partial charge >= 0.3 is 0 Å². The molecule has 1 aliphatic heterocycles. The predicted molar refractivity (Wildman–Crippen MR) is 86.2 cm³/mol. The topological polar surface area (TPSA) is 64.4 Å². The van der Waals surface area contributed by atoms with Crippen molar-refractivity contribution in [1.29, 1.82) is 0 Å². The highest BCUT2D eigenvalue weighted by molar-refractivity contribution is 5.92. The minimum atomic E-state index is -0.199. The smallest absolute Gasteiger partial charge is 0.273 e. The van der Waals surface area contributed by atoms with E-state index < -0.39 is 0 Å². The van der Waals surface area contributed by atoms with E-state index in [1.165, 1.54) is 11.1 Å². The van der Waals surface area contributed by atoms with E-state index in [2.05, 4.69) is 41.7 Å². The van der Waals surface area contributed by atoms with Crippen molar-refractivity contribution in [3.63, 3.8) is 0 Å². The Morgan fingerprint density at radius 2 is 2.09 bits per heavy atom. The van der Waals surface area contributed by atoms with Crippen LogP contribution in [0.3, 0.4) is 0 Å². The third-order valence-electron chi connectivity index (χ3n) is 4.24. The van der Waals surface area contributed by atoms with E-state index in [1.54, 1.807) is 13.0 Å². The summed E-state index contributed by atoms with van der Waals surface area (Å²) < 4.78 is 10.9. The fourth-order valence-corrected chi connectivity index (χ4v) is 2.96. The van der Waals surface area contributed by atoms with Gasteiger partial charge in [-0.05, 0) is 32.3 Å². The Morgan fingerprint density at radius 1 is 1.30 bits per heavy atom. The second-order valence-electron chi connectivity index (χ2n) is 6.14. The largest absolute Gasteiger partial charge is 0.373 e. The van der Waals surface area contributed by atoms with Crippen molar-refractivity contribution in [3.8, 4) is 0 Å². The van der Waals surface area contributed by atoms with Gasteiger partial charge in [-0.25, -0.2) is 0 Å². The van der Waals surface area contributed by atoms with Crippen molar-refractivity contribution in [2.24, 2.45) is 5.92 Å². The third-order valence-corrected chi connectivity index (χ3v) is 4.24. The van der Waals surface area contributed by atoms with E-state index in [9.17, 15) is 4.79 Å². The van der Waals surface area contributed by atoms with Crippen LogP contribution in [0.2, 0.25) is 0 Å². The summed E-state index contributed by atoms with van der Waals surface area (Å²) >= 11 is 0. The number of aromatic nitrogens is 1. The molecule has 0 bridgehead atoms. The monoisotopic (exact) mass is 314 g/mol. The van der Waals surface area contributed by atoms with E-state index in [0.29, 0.717) is 18.0 Å². The lowest BCUT2D eigenvalue weighted by Gasteiger charge is -2.32. The summed E-state index contributed by atoms with van der Waals surface area (Å²) in [7, 11) is 0. The molecule has 5 heteroatoms. The zero-order valence-corrected chi connectivity index (χ0v) is 13.5. The Hall–Kier alpha value is -2.14. The highest BCUT2D eigenvalue weighted by Gasteiger charge is 2.28. The Bertz CT molecular complexity index is 663. The lowest BCUT2D eigenvalue weighted by Crippen LogP contribution is -2.35. The van der Waals surface area contributed by atoms with Gasteiger partial charge in [-0.2, -0.15) is 0 Å². The first-order valence-corrected chi connectivity index (χ1v) is 8.03. The molecule has 2 atom stereocenters. The molecule has 1 aliphatic rings. The maximum absolute atomic E-state index is 12.1. The first kappa shape index (κ1) is 15.7. The lowest BCUT2D eigenvalue weighted by molar-refractivity contribution is -0.0272. The number of hydrogen-bond acceptors (Lipinski definition) is 4. The molecule has 0 saturated carbocycles. The van der Waals surface area contributed by atoms with Crippen molar-refractivity contribution in [2.45, 2.75) is 32.8 Å². The molecule has 1 N–H and O–H groups in total. The molecule has 2 aromatic rings. The van der Waals surface area contributed by atoms with Crippen LogP contribution in [0.25, 0.3) is 0 Å². The summed E-state index contributed by atoms with van der Waals surface area (Å²) in [5.41, 5.74) is 2.73. The summed E-state index contributed by atoms with van der Waals surface area (Å²) in [5, 5.41) is 6.70. The van der Waals surface area contributed by atoms with Crippen molar-refractivity contribution in [2.75, 3.05) is 13.2 Å². The highest BCUT2D eigenvalue weighted by atomic mass is 16.5. The first-order chi connectivity index (χ1) is 11.1. The average Bonchev–Trinajstić information content (AvgIpc) is 3.00. The van der Waals surface area contributed by atoms with Gasteiger partial charge in [-0.3, -0.25) is 4.79 Å². The number of carbonyl (C=O) groups excluding carboxylic acids is 1. The van der Waals surface area contributed by atoms with Gasteiger partial charge in [0.1, 0.15) is 5.76 Å². The number of hydrogen-bond donors (Lipinski definition) is 1. The summed E-state index contributed by atoms with van der Waals surface area (Å²) in [5.74, 6) is 0.701. The molecule has 0 aliphatic carbocycles. The molecular weight excluding hydrogens is 292 g/mol. The minimum Gasteiger partial charge on any atom is -0.373 e. The molecule has 5 nitrogen and oxygen atoms in total. The van der Waals surface area contributed by atoms with Gasteiger partial charge in [0.2, 0.25) is 0 Å². The maximum atomic E-state index is 12.1. The highest BCUT2D eigenvalue weighted by Crippen LogP contribution is 2.33. The van der Waals surface area contributed by atoms with Crippen LogP contribution in [0.4, 0.5) is 0 Å². The fraction of sp³-hybridized carbons (Fsp3) is 0.444. The molecule has 1 aromatic heterocycles. The standard InChI is InChI=1S/C18H22N2O3/c1-12-5-7-14(8-6-12)17-15(4-3-9-22-17)11-19-18(21)16-10-13(2)23-20-16/h5-8,10,15,17H,3-4,9,11H2,1-2H3,(H,19,21). The van der Waals surface area contributed by atoms with Crippen molar-refractivity contribution >= 4 is 5.91 Å². The number of amides is 1. The first-order valence-electron chi connectivity index (χ1n) is 8.03. The van der Waals surface area contributed by atoms with Crippen LogP contribution in [-0.2, 0) is 4.74 Å². The SMILES string of the molecule is Cc1ccc(C2OCCCC2CNC(=O)c2cc(C)on2)cc1. The van der Waals surface area contributed by atoms with Gasteiger partial charge < -0.3 is 14.6 Å². The number of aryl methyl sites for hydroxylation is 2. The summed E-state index contributed by atoms with van der Waals surface area (Å²) in [6.45, 7) is 5.18. The van der Waals surface area contributed by atoms with Crippen LogP contribution in [-0.4, -0.2) is 24.2 Å². The van der Waals surface area contributed by atoms with Crippen LogP contribution in [0.1, 0.15) is 46.3 Å². The van der Waals surface area contributed by atoms with Crippen LogP contribution in [0, 0.1) is 19.8 Å². The third kappa shape index (κ3) is 3.79. The van der Waals surface area contributed by atoms with Crippen molar-refractivity contribution in [3.05, 3.63) is 52.9 Å². The van der Waals surface area contributed by atoms with Crippen molar-refractivity contribution in [1.82, 2.24) is 10.5 Å². The van der Waals surface area contributed by atoms with E-state index in [-0.39, 0.29) is 17.9 Å². The molecular formula is C18H22N2O3. The van der Waals surface area contributed by atoms with Gasteiger partial charge in [-0.1, -0.05) is 35.0 Å². The maximum Gasteiger partial charge on any atom is 0.273 e. The van der Waals surface area contributed by atoms with E-state index >= 15 is 0 Å².